The fourth-order valence-corrected chi connectivity index (χ4v) is 2.00. The summed E-state index contributed by atoms with van der Waals surface area (Å²) in [5.74, 6) is -1.66. The molecule has 1 heterocycles. The fourth-order valence-electron chi connectivity index (χ4n) is 2.00. The molecule has 0 saturated carbocycles. The summed E-state index contributed by atoms with van der Waals surface area (Å²) < 4.78 is 0. The van der Waals surface area contributed by atoms with Crippen molar-refractivity contribution in [3.05, 3.63) is 29.8 Å². The van der Waals surface area contributed by atoms with E-state index in [9.17, 15) is 19.5 Å². The molecule has 1 aromatic carbocycles. The molecular formula is C13H14N2O6. The van der Waals surface area contributed by atoms with Gasteiger partial charge >= 0.3 is 12.0 Å². The molecular weight excluding hydrogens is 280 g/mol. The molecule has 0 bridgehead atoms. The van der Waals surface area contributed by atoms with E-state index in [1.807, 2.05) is 0 Å². The van der Waals surface area contributed by atoms with E-state index in [1.54, 1.807) is 0 Å². The average Bonchev–Trinajstić information content (AvgIpc) is 2.75. The Morgan fingerprint density at radius 3 is 2.67 bits per heavy atom. The van der Waals surface area contributed by atoms with E-state index in [2.05, 4.69) is 0 Å². The maximum Gasteiger partial charge on any atom is 0.335 e. The molecule has 1 aliphatic rings. The molecule has 1 aliphatic heterocycles. The Labute approximate surface area is 119 Å². The molecule has 1 atom stereocenters. The third kappa shape index (κ3) is 3.01. The first kappa shape index (κ1) is 14.9. The summed E-state index contributed by atoms with van der Waals surface area (Å²) in [6.45, 7) is -1.10. The van der Waals surface area contributed by atoms with E-state index in [1.165, 1.54) is 24.3 Å². The highest BCUT2D eigenvalue weighted by Gasteiger charge is 2.37. The standard InChI is InChI=1S/C13H14N2O6/c16-7-10(17)5-15-11(18)6-14(13(15)21)9-3-1-2-8(4-9)12(19)20/h1-4,10,16-17H,5-7H2,(H,19,20). The zero-order valence-corrected chi connectivity index (χ0v) is 11.0. The number of β-amino-alcohol motifs (C(OH)–C–C–N with tert-alkyl or cyclic N) is 1. The first-order chi connectivity index (χ1) is 9.93. The molecule has 21 heavy (non-hydrogen) atoms. The van der Waals surface area contributed by atoms with Crippen LogP contribution in [-0.4, -0.2) is 63.9 Å². The van der Waals surface area contributed by atoms with Gasteiger partial charge in [-0.05, 0) is 18.2 Å². The molecule has 0 aromatic heterocycles. The first-order valence-corrected chi connectivity index (χ1v) is 6.18. The second-order valence-corrected chi connectivity index (χ2v) is 4.56. The van der Waals surface area contributed by atoms with Gasteiger partial charge in [-0.15, -0.1) is 0 Å². The Hall–Kier alpha value is -2.45. The van der Waals surface area contributed by atoms with Crippen LogP contribution in [0.4, 0.5) is 10.5 Å². The summed E-state index contributed by atoms with van der Waals surface area (Å²) in [5, 5.41) is 27.0. The summed E-state index contributed by atoms with van der Waals surface area (Å²) >= 11 is 0. The minimum atomic E-state index is -1.21. The molecule has 1 fully saturated rings. The van der Waals surface area contributed by atoms with Crippen molar-refractivity contribution in [3.8, 4) is 0 Å². The van der Waals surface area contributed by atoms with Gasteiger partial charge in [0.2, 0.25) is 0 Å². The van der Waals surface area contributed by atoms with Crippen LogP contribution < -0.4 is 4.90 Å². The van der Waals surface area contributed by atoms with E-state index in [-0.39, 0.29) is 24.3 Å². The van der Waals surface area contributed by atoms with Crippen molar-refractivity contribution >= 4 is 23.6 Å². The lowest BCUT2D eigenvalue weighted by atomic mass is 10.2. The van der Waals surface area contributed by atoms with Crippen LogP contribution in [0.25, 0.3) is 0 Å². The number of hydrogen-bond acceptors (Lipinski definition) is 5. The Bertz CT molecular complexity index is 588. The number of benzene rings is 1. The molecule has 2 rings (SSSR count). The van der Waals surface area contributed by atoms with E-state index in [4.69, 9.17) is 10.2 Å². The van der Waals surface area contributed by atoms with Crippen LogP contribution in [0.1, 0.15) is 10.4 Å². The zero-order valence-electron chi connectivity index (χ0n) is 11.0. The molecule has 8 nitrogen and oxygen atoms in total. The number of hydrogen-bond donors (Lipinski definition) is 3. The maximum absolute atomic E-state index is 12.1. The summed E-state index contributed by atoms with van der Waals surface area (Å²) in [7, 11) is 0. The average molecular weight is 294 g/mol. The number of carbonyl (C=O) groups excluding carboxylic acids is 2. The summed E-state index contributed by atoms with van der Waals surface area (Å²) in [5.41, 5.74) is 0.288. The second kappa shape index (κ2) is 5.90. The molecule has 1 saturated heterocycles. The summed E-state index contributed by atoms with van der Waals surface area (Å²) in [6.07, 6.45) is -1.21. The van der Waals surface area contributed by atoms with Gasteiger partial charge in [-0.25, -0.2) is 9.59 Å². The highest BCUT2D eigenvalue weighted by atomic mass is 16.4. The molecule has 0 aliphatic carbocycles. The highest BCUT2D eigenvalue weighted by Crippen LogP contribution is 2.22. The van der Waals surface area contributed by atoms with Gasteiger partial charge in [-0.3, -0.25) is 14.6 Å². The monoisotopic (exact) mass is 294 g/mol. The van der Waals surface area contributed by atoms with Gasteiger partial charge in [-0.1, -0.05) is 6.07 Å². The van der Waals surface area contributed by atoms with Crippen molar-refractivity contribution in [2.75, 3.05) is 24.6 Å². The second-order valence-electron chi connectivity index (χ2n) is 4.56. The number of rotatable bonds is 5. The lowest BCUT2D eigenvalue weighted by Gasteiger charge is -2.19. The van der Waals surface area contributed by atoms with Gasteiger partial charge in [-0.2, -0.15) is 0 Å². The lowest BCUT2D eigenvalue weighted by Crippen LogP contribution is -2.39. The third-order valence-corrected chi connectivity index (χ3v) is 3.07. The van der Waals surface area contributed by atoms with Gasteiger partial charge in [0.25, 0.3) is 5.91 Å². The minimum Gasteiger partial charge on any atom is -0.478 e. The smallest absolute Gasteiger partial charge is 0.335 e. The van der Waals surface area contributed by atoms with Crippen LogP contribution in [0.3, 0.4) is 0 Å². The van der Waals surface area contributed by atoms with Gasteiger partial charge in [0.1, 0.15) is 6.54 Å². The molecule has 0 radical (unpaired) electrons. The predicted octanol–water partition coefficient (Wildman–Crippen LogP) is -0.493. The van der Waals surface area contributed by atoms with Crippen LogP contribution in [-0.2, 0) is 4.79 Å². The number of urea groups is 1. The van der Waals surface area contributed by atoms with Crippen LogP contribution in [0, 0.1) is 0 Å². The number of amides is 3. The zero-order chi connectivity index (χ0) is 15.6. The number of carboxylic acids is 1. The maximum atomic E-state index is 12.1. The number of aromatic carboxylic acids is 1. The van der Waals surface area contributed by atoms with Gasteiger partial charge in [0, 0.05) is 5.69 Å². The Balaban J connectivity index is 2.22. The topological polar surface area (TPSA) is 118 Å². The number of aliphatic hydroxyl groups excluding tert-OH is 2. The van der Waals surface area contributed by atoms with Gasteiger partial charge in [0.15, 0.2) is 0 Å². The third-order valence-electron chi connectivity index (χ3n) is 3.07. The predicted molar refractivity (Wildman–Crippen MR) is 70.9 cm³/mol. The molecule has 8 heteroatoms. The molecule has 3 N–H and O–H groups in total. The molecule has 1 unspecified atom stereocenters. The lowest BCUT2D eigenvalue weighted by molar-refractivity contribution is -0.126. The van der Waals surface area contributed by atoms with E-state index >= 15 is 0 Å². The van der Waals surface area contributed by atoms with Crippen molar-refractivity contribution in [1.29, 1.82) is 0 Å². The molecule has 0 spiro atoms. The van der Waals surface area contributed by atoms with Gasteiger partial charge < -0.3 is 15.3 Å². The SMILES string of the molecule is O=C(O)c1cccc(N2CC(=O)N(CC(O)CO)C2=O)c1. The minimum absolute atomic E-state index is 0.00147. The van der Waals surface area contributed by atoms with Crippen LogP contribution >= 0.6 is 0 Å². The Kier molecular flexibility index (Phi) is 4.20. The first-order valence-electron chi connectivity index (χ1n) is 6.18. The largest absolute Gasteiger partial charge is 0.478 e. The van der Waals surface area contributed by atoms with Gasteiger partial charge in [0.05, 0.1) is 24.8 Å². The number of aliphatic hydroxyl groups is 2. The van der Waals surface area contributed by atoms with Crippen LogP contribution in [0.2, 0.25) is 0 Å². The fraction of sp³-hybridized carbons (Fsp3) is 0.308. The van der Waals surface area contributed by atoms with E-state index in [0.29, 0.717) is 0 Å². The van der Waals surface area contributed by atoms with E-state index in [0.717, 1.165) is 9.80 Å². The Morgan fingerprint density at radius 2 is 2.05 bits per heavy atom. The van der Waals surface area contributed by atoms with Crippen LogP contribution in [0.15, 0.2) is 24.3 Å². The molecule has 1 aromatic rings. The number of carbonyl (C=O) groups is 3. The quantitative estimate of drug-likeness (QED) is 0.630. The van der Waals surface area contributed by atoms with Crippen LogP contribution in [0.5, 0.6) is 0 Å². The molecule has 112 valence electrons. The number of imide groups is 1. The normalized spacial score (nSPS) is 16.5. The van der Waals surface area contributed by atoms with Crippen molar-refractivity contribution in [3.63, 3.8) is 0 Å². The Morgan fingerprint density at radius 1 is 1.33 bits per heavy atom. The molecule has 3 amide bonds. The summed E-state index contributed by atoms with van der Waals surface area (Å²) in [4.78, 5) is 36.8. The van der Waals surface area contributed by atoms with Crippen molar-refractivity contribution in [2.45, 2.75) is 6.10 Å². The van der Waals surface area contributed by atoms with E-state index < -0.39 is 30.6 Å². The highest BCUT2D eigenvalue weighted by molar-refractivity contribution is 6.12. The summed E-state index contributed by atoms with van der Waals surface area (Å²) in [6, 6.07) is 5.00. The van der Waals surface area contributed by atoms with Crippen molar-refractivity contribution in [1.82, 2.24) is 4.90 Å². The number of carboxylic acid groups (broad SMARTS) is 1. The van der Waals surface area contributed by atoms with Crippen molar-refractivity contribution in [2.24, 2.45) is 0 Å². The van der Waals surface area contributed by atoms with Crippen molar-refractivity contribution < 1.29 is 29.7 Å². The number of anilines is 1. The number of nitrogens with zero attached hydrogens (tertiary/aromatic N) is 2.